The highest BCUT2D eigenvalue weighted by Gasteiger charge is 2.29. The van der Waals surface area contributed by atoms with Crippen molar-refractivity contribution in [3.05, 3.63) is 59.4 Å². The molecule has 1 amide bonds. The Labute approximate surface area is 153 Å². The van der Waals surface area contributed by atoms with Crippen molar-refractivity contribution in [2.45, 2.75) is 4.90 Å². The highest BCUT2D eigenvalue weighted by atomic mass is 32.2. The van der Waals surface area contributed by atoms with Gasteiger partial charge in [-0.1, -0.05) is 0 Å². The molecule has 0 spiro atoms. The zero-order valence-electron chi connectivity index (χ0n) is 13.9. The Balaban J connectivity index is 1.87. The highest BCUT2D eigenvalue weighted by Crippen LogP contribution is 2.24. The number of ether oxygens (including phenoxy) is 1. The van der Waals surface area contributed by atoms with E-state index in [1.807, 2.05) is 0 Å². The molecule has 0 aliphatic carbocycles. The molecule has 0 bridgehead atoms. The number of nitrogens with one attached hydrogen (secondary N) is 1. The topological polar surface area (TPSA) is 75.7 Å². The number of nitrogens with zero attached hydrogens (tertiary/aromatic N) is 1. The molecule has 1 fully saturated rings. The molecule has 3 rings (SSSR count). The fourth-order valence-electron chi connectivity index (χ4n) is 2.59. The van der Waals surface area contributed by atoms with Gasteiger partial charge in [0.1, 0.15) is 22.3 Å². The molecular weight excluding hydrogens is 385 g/mol. The third-order valence-corrected chi connectivity index (χ3v) is 5.82. The minimum Gasteiger partial charge on any atom is -0.379 e. The van der Waals surface area contributed by atoms with Crippen molar-refractivity contribution >= 4 is 21.6 Å². The Bertz CT molecular complexity index is 956. The second kappa shape index (κ2) is 7.67. The second-order valence-electron chi connectivity index (χ2n) is 5.77. The third kappa shape index (κ3) is 4.29. The molecule has 1 aliphatic rings. The van der Waals surface area contributed by atoms with E-state index in [2.05, 4.69) is 5.32 Å². The summed E-state index contributed by atoms with van der Waals surface area (Å²) in [7, 11) is -4.12. The van der Waals surface area contributed by atoms with Gasteiger partial charge in [0.2, 0.25) is 10.0 Å². The van der Waals surface area contributed by atoms with Crippen molar-refractivity contribution in [1.29, 1.82) is 0 Å². The van der Waals surface area contributed by atoms with Gasteiger partial charge >= 0.3 is 0 Å². The summed E-state index contributed by atoms with van der Waals surface area (Å²) in [5.41, 5.74) is -0.327. The molecule has 2 aromatic rings. The summed E-state index contributed by atoms with van der Waals surface area (Å²) >= 11 is 0. The minimum atomic E-state index is -4.12. The predicted octanol–water partition coefficient (Wildman–Crippen LogP) is 2.38. The van der Waals surface area contributed by atoms with Gasteiger partial charge < -0.3 is 10.1 Å². The van der Waals surface area contributed by atoms with Crippen LogP contribution in [0.1, 0.15) is 10.4 Å². The molecule has 1 aliphatic heterocycles. The van der Waals surface area contributed by atoms with Crippen LogP contribution in [0.2, 0.25) is 0 Å². The summed E-state index contributed by atoms with van der Waals surface area (Å²) in [4.78, 5) is 11.5. The number of hydrogen-bond donors (Lipinski definition) is 1. The number of sulfonamides is 1. The Kier molecular flexibility index (Phi) is 5.49. The van der Waals surface area contributed by atoms with Crippen LogP contribution in [0.15, 0.2) is 41.3 Å². The van der Waals surface area contributed by atoms with E-state index in [9.17, 15) is 26.4 Å². The number of anilines is 1. The van der Waals surface area contributed by atoms with Crippen molar-refractivity contribution in [2.24, 2.45) is 0 Å². The Morgan fingerprint density at radius 2 is 1.63 bits per heavy atom. The van der Waals surface area contributed by atoms with Crippen LogP contribution in [0.5, 0.6) is 0 Å². The maximum Gasteiger partial charge on any atom is 0.255 e. The van der Waals surface area contributed by atoms with E-state index in [-0.39, 0.29) is 37.6 Å². The van der Waals surface area contributed by atoms with Crippen LogP contribution in [-0.2, 0) is 14.8 Å². The molecule has 0 aromatic heterocycles. The third-order valence-electron chi connectivity index (χ3n) is 3.90. The molecule has 1 heterocycles. The number of morpholine rings is 1. The average Bonchev–Trinajstić information content (AvgIpc) is 2.63. The van der Waals surface area contributed by atoms with Gasteiger partial charge in [-0.15, -0.1) is 0 Å². The van der Waals surface area contributed by atoms with Crippen LogP contribution in [0.4, 0.5) is 18.9 Å². The molecule has 1 saturated heterocycles. The van der Waals surface area contributed by atoms with Crippen LogP contribution in [0.3, 0.4) is 0 Å². The lowest BCUT2D eigenvalue weighted by Crippen LogP contribution is -2.40. The first-order valence-corrected chi connectivity index (χ1v) is 9.36. The standard InChI is InChI=1S/C17H15F3N2O4S/c18-12-7-11(8-13(19)9-12)17(23)21-14-1-2-15(20)16(10-14)27(24,25)22-3-5-26-6-4-22/h1-2,7-10H,3-6H2,(H,21,23). The molecule has 0 atom stereocenters. The molecule has 6 nitrogen and oxygen atoms in total. The first kappa shape index (κ1) is 19.3. The van der Waals surface area contributed by atoms with E-state index >= 15 is 0 Å². The maximum absolute atomic E-state index is 14.1. The molecular formula is C17H15F3N2O4S. The van der Waals surface area contributed by atoms with Crippen molar-refractivity contribution in [3.63, 3.8) is 0 Å². The van der Waals surface area contributed by atoms with Gasteiger partial charge in [0.25, 0.3) is 5.91 Å². The van der Waals surface area contributed by atoms with E-state index in [4.69, 9.17) is 4.74 Å². The Morgan fingerprint density at radius 3 is 2.26 bits per heavy atom. The second-order valence-corrected chi connectivity index (χ2v) is 7.68. The van der Waals surface area contributed by atoms with E-state index in [1.54, 1.807) is 0 Å². The number of rotatable bonds is 4. The lowest BCUT2D eigenvalue weighted by molar-refractivity contribution is 0.0729. The smallest absolute Gasteiger partial charge is 0.255 e. The van der Waals surface area contributed by atoms with Crippen LogP contribution in [0.25, 0.3) is 0 Å². The quantitative estimate of drug-likeness (QED) is 0.855. The average molecular weight is 400 g/mol. The van der Waals surface area contributed by atoms with Crippen LogP contribution in [0, 0.1) is 17.5 Å². The number of benzene rings is 2. The fraction of sp³-hybridized carbons (Fsp3) is 0.235. The van der Waals surface area contributed by atoms with Gasteiger partial charge in [0, 0.05) is 30.4 Å². The first-order valence-electron chi connectivity index (χ1n) is 7.92. The van der Waals surface area contributed by atoms with E-state index in [1.165, 1.54) is 0 Å². The maximum atomic E-state index is 14.1. The van der Waals surface area contributed by atoms with Crippen LogP contribution < -0.4 is 5.32 Å². The zero-order valence-corrected chi connectivity index (χ0v) is 14.7. The zero-order chi connectivity index (χ0) is 19.6. The van der Waals surface area contributed by atoms with Crippen LogP contribution >= 0.6 is 0 Å². The normalized spacial score (nSPS) is 15.5. The Morgan fingerprint density at radius 1 is 1.00 bits per heavy atom. The first-order chi connectivity index (χ1) is 12.8. The number of amides is 1. The van der Waals surface area contributed by atoms with Crippen molar-refractivity contribution in [2.75, 3.05) is 31.6 Å². The van der Waals surface area contributed by atoms with E-state index < -0.39 is 38.3 Å². The molecule has 144 valence electrons. The predicted molar refractivity (Wildman–Crippen MR) is 90.3 cm³/mol. The molecule has 1 N–H and O–H groups in total. The van der Waals surface area contributed by atoms with Gasteiger partial charge in [-0.3, -0.25) is 4.79 Å². The van der Waals surface area contributed by atoms with Gasteiger partial charge in [0.05, 0.1) is 13.2 Å². The summed E-state index contributed by atoms with van der Waals surface area (Å²) in [5.74, 6) is -3.71. The van der Waals surface area contributed by atoms with E-state index in [0.29, 0.717) is 6.07 Å². The lowest BCUT2D eigenvalue weighted by atomic mass is 10.2. The van der Waals surface area contributed by atoms with Gasteiger partial charge in [-0.25, -0.2) is 21.6 Å². The van der Waals surface area contributed by atoms with Crippen molar-refractivity contribution in [3.8, 4) is 0 Å². The number of carbonyl (C=O) groups excluding carboxylic acids is 1. The summed E-state index contributed by atoms with van der Waals surface area (Å²) in [5, 5.41) is 2.31. The molecule has 0 radical (unpaired) electrons. The molecule has 27 heavy (non-hydrogen) atoms. The monoisotopic (exact) mass is 400 g/mol. The Hall–Kier alpha value is -2.43. The van der Waals surface area contributed by atoms with Crippen molar-refractivity contribution in [1.82, 2.24) is 4.31 Å². The molecule has 2 aromatic carbocycles. The van der Waals surface area contributed by atoms with Gasteiger partial charge in [-0.2, -0.15) is 4.31 Å². The summed E-state index contributed by atoms with van der Waals surface area (Å²) in [6, 6.07) is 5.28. The van der Waals surface area contributed by atoms with Gasteiger partial charge in [-0.05, 0) is 30.3 Å². The molecule has 0 saturated carbocycles. The highest BCUT2D eigenvalue weighted by molar-refractivity contribution is 7.89. The summed E-state index contributed by atoms with van der Waals surface area (Å²) in [6.45, 7) is 0.562. The van der Waals surface area contributed by atoms with Crippen LogP contribution in [-0.4, -0.2) is 44.9 Å². The fourth-order valence-corrected chi connectivity index (χ4v) is 4.09. The molecule has 0 unspecified atom stereocenters. The SMILES string of the molecule is O=C(Nc1ccc(F)c(S(=O)(=O)N2CCOCC2)c1)c1cc(F)cc(F)c1. The number of carbonyl (C=O) groups is 1. The molecule has 10 heteroatoms. The summed E-state index contributed by atoms with van der Waals surface area (Å²) < 4.78 is 72.0. The number of hydrogen-bond acceptors (Lipinski definition) is 4. The van der Waals surface area contributed by atoms with E-state index in [0.717, 1.165) is 34.6 Å². The number of halogens is 3. The summed E-state index contributed by atoms with van der Waals surface area (Å²) in [6.07, 6.45) is 0. The van der Waals surface area contributed by atoms with Gasteiger partial charge in [0.15, 0.2) is 0 Å². The lowest BCUT2D eigenvalue weighted by Gasteiger charge is -2.26. The minimum absolute atomic E-state index is 0.0297. The van der Waals surface area contributed by atoms with Crippen molar-refractivity contribution < 1.29 is 31.1 Å². The largest absolute Gasteiger partial charge is 0.379 e.